The van der Waals surface area contributed by atoms with Gasteiger partial charge in [-0.05, 0) is 18.2 Å². The molecule has 0 atom stereocenters. The van der Waals surface area contributed by atoms with Crippen LogP contribution in [-0.4, -0.2) is 9.38 Å². The highest BCUT2D eigenvalue weighted by molar-refractivity contribution is 6.30. The summed E-state index contributed by atoms with van der Waals surface area (Å²) in [6, 6.07) is 5.69. The van der Waals surface area contributed by atoms with Crippen LogP contribution in [0.15, 0.2) is 47.5 Å². The van der Waals surface area contributed by atoms with Gasteiger partial charge >= 0.3 is 0 Å². The molecule has 4 nitrogen and oxygen atoms in total. The first kappa shape index (κ1) is 11.3. The average Bonchev–Trinajstić information content (AvgIpc) is 2.97. The lowest BCUT2D eigenvalue weighted by Gasteiger charge is -1.98. The second-order valence-corrected chi connectivity index (χ2v) is 4.52. The van der Waals surface area contributed by atoms with Crippen LogP contribution in [0.25, 0.3) is 5.65 Å². The molecule has 0 fully saturated rings. The Hall–Kier alpha value is -1.78. The lowest BCUT2D eigenvalue weighted by Crippen LogP contribution is -2.12. The summed E-state index contributed by atoms with van der Waals surface area (Å²) in [6.07, 6.45) is 7.23. The van der Waals surface area contributed by atoms with E-state index >= 15 is 0 Å². The van der Waals surface area contributed by atoms with Crippen molar-refractivity contribution >= 4 is 17.2 Å². The standard InChI is InChI=1S/C13H12ClN3O/c14-11-1-2-13-16-12(8-17(13)7-11)6-15-5-10-3-4-18-9-10/h1-4,7-9,15H,5-6H2. The summed E-state index contributed by atoms with van der Waals surface area (Å²) in [7, 11) is 0. The van der Waals surface area contributed by atoms with Gasteiger partial charge in [-0.3, -0.25) is 0 Å². The Morgan fingerprint density at radius 2 is 2.17 bits per heavy atom. The van der Waals surface area contributed by atoms with Gasteiger partial charge in [-0.2, -0.15) is 0 Å². The van der Waals surface area contributed by atoms with E-state index in [-0.39, 0.29) is 0 Å². The Morgan fingerprint density at radius 3 is 3.00 bits per heavy atom. The van der Waals surface area contributed by atoms with E-state index in [4.69, 9.17) is 16.0 Å². The van der Waals surface area contributed by atoms with Crippen molar-refractivity contribution in [2.24, 2.45) is 0 Å². The molecule has 0 aliphatic rings. The summed E-state index contributed by atoms with van der Waals surface area (Å²) < 4.78 is 6.93. The molecule has 5 heteroatoms. The molecule has 0 saturated carbocycles. The second-order valence-electron chi connectivity index (χ2n) is 4.08. The van der Waals surface area contributed by atoms with Crippen LogP contribution in [0.1, 0.15) is 11.3 Å². The number of pyridine rings is 1. The van der Waals surface area contributed by atoms with E-state index in [9.17, 15) is 0 Å². The maximum absolute atomic E-state index is 5.93. The minimum atomic E-state index is 0.706. The largest absolute Gasteiger partial charge is 0.472 e. The molecule has 92 valence electrons. The average molecular weight is 262 g/mol. The maximum Gasteiger partial charge on any atom is 0.137 e. The van der Waals surface area contributed by atoms with Gasteiger partial charge in [0.1, 0.15) is 5.65 Å². The molecule has 3 rings (SSSR count). The molecule has 0 amide bonds. The number of furan rings is 1. The Balaban J connectivity index is 1.67. The number of aromatic nitrogens is 2. The highest BCUT2D eigenvalue weighted by atomic mass is 35.5. The first-order valence-electron chi connectivity index (χ1n) is 5.66. The highest BCUT2D eigenvalue weighted by Gasteiger charge is 2.02. The van der Waals surface area contributed by atoms with Crippen molar-refractivity contribution in [2.75, 3.05) is 0 Å². The van der Waals surface area contributed by atoms with Gasteiger partial charge in [0.2, 0.25) is 0 Å². The summed E-state index contributed by atoms with van der Waals surface area (Å²) in [6.45, 7) is 1.48. The number of fused-ring (bicyclic) bond motifs is 1. The molecule has 3 aromatic rings. The van der Waals surface area contributed by atoms with Crippen LogP contribution in [0.5, 0.6) is 0 Å². The number of nitrogens with zero attached hydrogens (tertiary/aromatic N) is 2. The quantitative estimate of drug-likeness (QED) is 0.785. The van der Waals surface area contributed by atoms with Crippen LogP contribution in [-0.2, 0) is 13.1 Å². The summed E-state index contributed by atoms with van der Waals surface area (Å²) in [5.74, 6) is 0. The van der Waals surface area contributed by atoms with Crippen molar-refractivity contribution in [3.05, 3.63) is 59.4 Å². The zero-order valence-corrected chi connectivity index (χ0v) is 10.4. The number of imidazole rings is 1. The SMILES string of the molecule is Clc1ccc2nc(CNCc3ccoc3)cn2c1. The van der Waals surface area contributed by atoms with Crippen LogP contribution in [0.2, 0.25) is 5.02 Å². The number of hydrogen-bond donors (Lipinski definition) is 1. The minimum absolute atomic E-state index is 0.706. The molecule has 0 aliphatic heterocycles. The van der Waals surface area contributed by atoms with Gasteiger partial charge in [0.05, 0.1) is 23.2 Å². The summed E-state index contributed by atoms with van der Waals surface area (Å²) >= 11 is 5.93. The molecule has 3 heterocycles. The maximum atomic E-state index is 5.93. The first-order chi connectivity index (χ1) is 8.81. The van der Waals surface area contributed by atoms with Crippen molar-refractivity contribution in [3.8, 4) is 0 Å². The van der Waals surface area contributed by atoms with E-state index in [1.807, 2.05) is 35.0 Å². The van der Waals surface area contributed by atoms with Crippen molar-refractivity contribution in [2.45, 2.75) is 13.1 Å². The third kappa shape index (κ3) is 2.39. The molecule has 0 aliphatic carbocycles. The van der Waals surface area contributed by atoms with Crippen molar-refractivity contribution in [1.29, 1.82) is 0 Å². The van der Waals surface area contributed by atoms with E-state index in [0.29, 0.717) is 11.6 Å². The van der Waals surface area contributed by atoms with Gasteiger partial charge in [-0.1, -0.05) is 11.6 Å². The minimum Gasteiger partial charge on any atom is -0.472 e. The summed E-state index contributed by atoms with van der Waals surface area (Å²) in [5, 5.41) is 4.02. The predicted octanol–water partition coefficient (Wildman–Crippen LogP) is 2.87. The Kier molecular flexibility index (Phi) is 3.04. The smallest absolute Gasteiger partial charge is 0.137 e. The number of hydrogen-bond acceptors (Lipinski definition) is 3. The molecule has 0 spiro atoms. The molecule has 0 bridgehead atoms. The molecular formula is C13H12ClN3O. The van der Waals surface area contributed by atoms with Gasteiger partial charge in [-0.25, -0.2) is 4.98 Å². The normalized spacial score (nSPS) is 11.2. The lowest BCUT2D eigenvalue weighted by molar-refractivity contribution is 0.560. The zero-order chi connectivity index (χ0) is 12.4. The van der Waals surface area contributed by atoms with E-state index < -0.39 is 0 Å². The highest BCUT2D eigenvalue weighted by Crippen LogP contribution is 2.11. The Bertz CT molecular complexity index is 645. The first-order valence-corrected chi connectivity index (χ1v) is 6.04. The van der Waals surface area contributed by atoms with E-state index in [1.165, 1.54) is 0 Å². The molecule has 0 radical (unpaired) electrons. The summed E-state index contributed by atoms with van der Waals surface area (Å²) in [5.41, 5.74) is 3.02. The van der Waals surface area contributed by atoms with Crippen LogP contribution < -0.4 is 5.32 Å². The second kappa shape index (κ2) is 4.84. The monoisotopic (exact) mass is 261 g/mol. The van der Waals surface area contributed by atoms with Crippen molar-refractivity contribution in [1.82, 2.24) is 14.7 Å². The molecule has 3 aromatic heterocycles. The van der Waals surface area contributed by atoms with Crippen molar-refractivity contribution < 1.29 is 4.42 Å². The van der Waals surface area contributed by atoms with Crippen molar-refractivity contribution in [3.63, 3.8) is 0 Å². The fourth-order valence-electron chi connectivity index (χ4n) is 1.83. The topological polar surface area (TPSA) is 42.5 Å². The zero-order valence-electron chi connectivity index (χ0n) is 9.64. The third-order valence-electron chi connectivity index (χ3n) is 2.68. The fraction of sp³-hybridized carbons (Fsp3) is 0.154. The van der Waals surface area contributed by atoms with Gasteiger partial charge in [0.25, 0.3) is 0 Å². The van der Waals surface area contributed by atoms with Gasteiger partial charge in [0, 0.05) is 31.0 Å². The third-order valence-corrected chi connectivity index (χ3v) is 2.90. The van der Waals surface area contributed by atoms with Crippen LogP contribution in [0, 0.1) is 0 Å². The Morgan fingerprint density at radius 1 is 1.22 bits per heavy atom. The lowest BCUT2D eigenvalue weighted by atomic mass is 10.3. The number of nitrogens with one attached hydrogen (secondary N) is 1. The van der Waals surface area contributed by atoms with Gasteiger partial charge < -0.3 is 14.1 Å². The molecule has 0 aromatic carbocycles. The van der Waals surface area contributed by atoms with E-state index in [1.54, 1.807) is 12.5 Å². The fourth-order valence-corrected chi connectivity index (χ4v) is 2.00. The molecule has 0 unspecified atom stereocenters. The number of halogens is 1. The van der Waals surface area contributed by atoms with Crippen LogP contribution >= 0.6 is 11.6 Å². The van der Waals surface area contributed by atoms with Crippen LogP contribution in [0.4, 0.5) is 0 Å². The van der Waals surface area contributed by atoms with E-state index in [2.05, 4.69) is 10.3 Å². The van der Waals surface area contributed by atoms with Gasteiger partial charge in [0.15, 0.2) is 0 Å². The molecule has 18 heavy (non-hydrogen) atoms. The van der Waals surface area contributed by atoms with E-state index in [0.717, 1.165) is 23.4 Å². The summed E-state index contributed by atoms with van der Waals surface area (Å²) in [4.78, 5) is 4.49. The predicted molar refractivity (Wildman–Crippen MR) is 69.5 cm³/mol. The van der Waals surface area contributed by atoms with Crippen LogP contribution in [0.3, 0.4) is 0 Å². The number of rotatable bonds is 4. The van der Waals surface area contributed by atoms with Gasteiger partial charge in [-0.15, -0.1) is 0 Å². The molecule has 0 saturated heterocycles. The Labute approximate surface area is 109 Å². The molecule has 1 N–H and O–H groups in total. The molecular weight excluding hydrogens is 250 g/mol.